The van der Waals surface area contributed by atoms with E-state index in [1.54, 1.807) is 30.6 Å². The van der Waals surface area contributed by atoms with Crippen LogP contribution in [0.4, 0.5) is 27.5 Å². The van der Waals surface area contributed by atoms with Crippen LogP contribution in [-0.2, 0) is 9.53 Å². The van der Waals surface area contributed by atoms with Crippen molar-refractivity contribution in [3.63, 3.8) is 0 Å². The molecule has 1 atom stereocenters. The zero-order chi connectivity index (χ0) is 25.8. The molecule has 11 heteroatoms. The maximum atomic E-state index is 15.0. The average Bonchev–Trinajstić information content (AvgIpc) is 2.93. The second-order valence-electron chi connectivity index (χ2n) is 8.36. The van der Waals surface area contributed by atoms with Gasteiger partial charge < -0.3 is 26.0 Å². The molecule has 4 N–H and O–H groups in total. The molecule has 37 heavy (non-hydrogen) atoms. The summed E-state index contributed by atoms with van der Waals surface area (Å²) >= 11 is 0. The third-order valence-electron chi connectivity index (χ3n) is 5.97. The summed E-state index contributed by atoms with van der Waals surface area (Å²) < 4.78 is 20.6. The molecule has 4 heterocycles. The second kappa shape index (κ2) is 10.6. The SMILES string of the molecule is C=CC(=O)Nc1ccnc(-c2c(F)ccc3cnc(Nc4ccc(N5CCOC[C@@H]5CN)nc4)nc23)c1. The fourth-order valence-electron chi connectivity index (χ4n) is 4.13. The molecule has 1 amide bonds. The maximum Gasteiger partial charge on any atom is 0.247 e. The largest absolute Gasteiger partial charge is 0.377 e. The molecule has 1 aliphatic rings. The number of amides is 1. The first kappa shape index (κ1) is 24.2. The van der Waals surface area contributed by atoms with Gasteiger partial charge >= 0.3 is 0 Å². The number of nitrogens with one attached hydrogen (secondary N) is 2. The van der Waals surface area contributed by atoms with Gasteiger partial charge in [0.15, 0.2) is 0 Å². The molecule has 4 aromatic rings. The molecule has 10 nitrogen and oxygen atoms in total. The van der Waals surface area contributed by atoms with Crippen molar-refractivity contribution in [3.05, 3.63) is 73.5 Å². The highest BCUT2D eigenvalue weighted by Crippen LogP contribution is 2.31. The van der Waals surface area contributed by atoms with Crippen molar-refractivity contribution in [2.75, 3.05) is 41.8 Å². The Labute approximate surface area is 212 Å². The van der Waals surface area contributed by atoms with E-state index in [1.165, 1.54) is 12.3 Å². The first-order valence-electron chi connectivity index (χ1n) is 11.7. The van der Waals surface area contributed by atoms with Crippen LogP contribution in [0, 0.1) is 5.82 Å². The number of carbonyl (C=O) groups excluding carboxylic acids is 1. The third-order valence-corrected chi connectivity index (χ3v) is 5.97. The molecule has 188 valence electrons. The van der Waals surface area contributed by atoms with E-state index < -0.39 is 5.82 Å². The van der Waals surface area contributed by atoms with Gasteiger partial charge in [-0.05, 0) is 42.5 Å². The summed E-state index contributed by atoms with van der Waals surface area (Å²) in [6.07, 6.45) is 5.94. The third kappa shape index (κ3) is 5.22. The molecule has 3 aromatic heterocycles. The smallest absolute Gasteiger partial charge is 0.247 e. The highest BCUT2D eigenvalue weighted by molar-refractivity contribution is 6.00. The van der Waals surface area contributed by atoms with Crippen LogP contribution in [0.5, 0.6) is 0 Å². The molecular formula is C26H25FN8O2. The first-order valence-corrected chi connectivity index (χ1v) is 11.7. The Kier molecular flexibility index (Phi) is 6.97. The number of anilines is 4. The van der Waals surface area contributed by atoms with E-state index in [9.17, 15) is 4.79 Å². The van der Waals surface area contributed by atoms with Gasteiger partial charge in [-0.25, -0.2) is 19.3 Å². The molecule has 1 saturated heterocycles. The highest BCUT2D eigenvalue weighted by Gasteiger charge is 2.23. The van der Waals surface area contributed by atoms with E-state index >= 15 is 4.39 Å². The first-order chi connectivity index (χ1) is 18.1. The van der Waals surface area contributed by atoms with E-state index in [2.05, 4.69) is 42.0 Å². The Morgan fingerprint density at radius 1 is 1.19 bits per heavy atom. The fraction of sp³-hybridized carbons (Fsp3) is 0.192. The normalized spacial score (nSPS) is 15.4. The molecule has 1 aromatic carbocycles. The van der Waals surface area contributed by atoms with Crippen LogP contribution in [0.3, 0.4) is 0 Å². The summed E-state index contributed by atoms with van der Waals surface area (Å²) in [5.41, 5.74) is 7.91. The lowest BCUT2D eigenvalue weighted by atomic mass is 10.1. The van der Waals surface area contributed by atoms with Crippen molar-refractivity contribution in [2.24, 2.45) is 5.73 Å². The summed E-state index contributed by atoms with van der Waals surface area (Å²) in [6, 6.07) is 9.99. The number of aromatic nitrogens is 4. The lowest BCUT2D eigenvalue weighted by molar-refractivity contribution is -0.111. The zero-order valence-corrected chi connectivity index (χ0v) is 19.9. The zero-order valence-electron chi connectivity index (χ0n) is 19.9. The lowest BCUT2D eigenvalue weighted by Gasteiger charge is -2.35. The standard InChI is InChI=1S/C26H25FN8O2/c1-2-23(36)32-17-7-8-29-21(11-17)24-20(27)5-3-16-13-31-26(34-25(16)24)33-18-4-6-22(30-14-18)35-9-10-37-15-19(35)12-28/h2-8,11,13-14,19H,1,9-10,12,15,28H2,(H,29,32,36)(H,31,33,34)/t19-/m0/s1. The van der Waals surface area contributed by atoms with Crippen molar-refractivity contribution < 1.29 is 13.9 Å². The van der Waals surface area contributed by atoms with Crippen LogP contribution in [-0.4, -0.2) is 58.2 Å². The maximum absolute atomic E-state index is 15.0. The van der Waals surface area contributed by atoms with E-state index in [0.717, 1.165) is 18.4 Å². The van der Waals surface area contributed by atoms with Crippen LogP contribution >= 0.6 is 0 Å². The van der Waals surface area contributed by atoms with Gasteiger partial charge in [0.25, 0.3) is 0 Å². The molecule has 0 spiro atoms. The van der Waals surface area contributed by atoms with Gasteiger partial charge in [0, 0.05) is 36.6 Å². The Morgan fingerprint density at radius 2 is 2.08 bits per heavy atom. The monoisotopic (exact) mass is 500 g/mol. The molecular weight excluding hydrogens is 475 g/mol. The van der Waals surface area contributed by atoms with E-state index in [4.69, 9.17) is 10.5 Å². The van der Waals surface area contributed by atoms with Gasteiger partial charge in [-0.2, -0.15) is 0 Å². The Balaban J connectivity index is 1.44. The van der Waals surface area contributed by atoms with Crippen LogP contribution in [0.2, 0.25) is 0 Å². The number of nitrogens with two attached hydrogens (primary N) is 1. The number of morpholine rings is 1. The van der Waals surface area contributed by atoms with Gasteiger partial charge in [-0.1, -0.05) is 6.58 Å². The number of benzene rings is 1. The molecule has 5 rings (SSSR count). The summed E-state index contributed by atoms with van der Waals surface area (Å²) in [6.45, 7) is 5.83. The number of halogens is 1. The molecule has 0 bridgehead atoms. The van der Waals surface area contributed by atoms with Gasteiger partial charge in [-0.3, -0.25) is 9.78 Å². The minimum atomic E-state index is -0.497. The predicted molar refractivity (Wildman–Crippen MR) is 140 cm³/mol. The minimum Gasteiger partial charge on any atom is -0.377 e. The van der Waals surface area contributed by atoms with Crippen LogP contribution < -0.4 is 21.3 Å². The Bertz CT molecular complexity index is 1450. The van der Waals surface area contributed by atoms with Crippen molar-refractivity contribution >= 4 is 40.0 Å². The number of rotatable bonds is 7. The van der Waals surface area contributed by atoms with E-state index in [-0.39, 0.29) is 23.5 Å². The summed E-state index contributed by atoms with van der Waals surface area (Å²) in [7, 11) is 0. The minimum absolute atomic E-state index is 0.0781. The summed E-state index contributed by atoms with van der Waals surface area (Å²) in [5.74, 6) is 0.206. The molecule has 0 aliphatic carbocycles. The Morgan fingerprint density at radius 3 is 2.86 bits per heavy atom. The second-order valence-corrected chi connectivity index (χ2v) is 8.36. The number of pyridine rings is 2. The topological polar surface area (TPSA) is 131 Å². The molecule has 0 saturated carbocycles. The van der Waals surface area contributed by atoms with E-state index in [0.29, 0.717) is 47.7 Å². The van der Waals surface area contributed by atoms with Crippen molar-refractivity contribution in [1.29, 1.82) is 0 Å². The number of hydrogen-bond acceptors (Lipinski definition) is 9. The number of hydrogen-bond donors (Lipinski definition) is 3. The number of fused-ring (bicyclic) bond motifs is 1. The van der Waals surface area contributed by atoms with Gasteiger partial charge in [0.1, 0.15) is 11.6 Å². The van der Waals surface area contributed by atoms with Gasteiger partial charge in [0.05, 0.1) is 47.9 Å². The number of nitrogens with zero attached hydrogens (tertiary/aromatic N) is 5. The molecule has 1 aliphatic heterocycles. The quantitative estimate of drug-likeness (QED) is 0.327. The van der Waals surface area contributed by atoms with E-state index in [1.807, 2.05) is 12.1 Å². The summed E-state index contributed by atoms with van der Waals surface area (Å²) in [4.78, 5) is 31.6. The van der Waals surface area contributed by atoms with Crippen LogP contribution in [0.15, 0.2) is 67.6 Å². The predicted octanol–water partition coefficient (Wildman–Crippen LogP) is 3.26. The highest BCUT2D eigenvalue weighted by atomic mass is 19.1. The molecule has 1 fully saturated rings. The molecule has 0 radical (unpaired) electrons. The van der Waals surface area contributed by atoms with Crippen molar-refractivity contribution in [3.8, 4) is 11.3 Å². The Hall–Kier alpha value is -4.48. The number of ether oxygens (including phenoxy) is 1. The summed E-state index contributed by atoms with van der Waals surface area (Å²) in [5, 5.41) is 6.43. The van der Waals surface area contributed by atoms with Gasteiger partial charge in [0.2, 0.25) is 11.9 Å². The van der Waals surface area contributed by atoms with Crippen LogP contribution in [0.25, 0.3) is 22.2 Å². The van der Waals surface area contributed by atoms with Crippen molar-refractivity contribution in [1.82, 2.24) is 19.9 Å². The van der Waals surface area contributed by atoms with Crippen molar-refractivity contribution in [2.45, 2.75) is 6.04 Å². The fourth-order valence-corrected chi connectivity index (χ4v) is 4.13. The van der Waals surface area contributed by atoms with Gasteiger partial charge in [-0.15, -0.1) is 0 Å². The number of carbonyl (C=O) groups is 1. The molecule has 0 unspecified atom stereocenters. The lowest BCUT2D eigenvalue weighted by Crippen LogP contribution is -2.49. The average molecular weight is 501 g/mol. The van der Waals surface area contributed by atoms with Crippen LogP contribution in [0.1, 0.15) is 0 Å².